The van der Waals surface area contributed by atoms with Gasteiger partial charge in [-0.1, -0.05) is 67.2 Å². The SMILES string of the molecule is CCCCNC(=O)[C@H](CC)N(Cc1c(Cl)cccc1Cl)C(=O)CCCOc1ccc(C)cc1. The number of benzene rings is 2. The maximum absolute atomic E-state index is 13.3. The fourth-order valence-electron chi connectivity index (χ4n) is 3.47. The average molecular weight is 493 g/mol. The molecule has 0 unspecified atom stereocenters. The first-order valence-corrected chi connectivity index (χ1v) is 12.3. The number of nitrogens with zero attached hydrogens (tertiary/aromatic N) is 1. The topological polar surface area (TPSA) is 58.6 Å². The summed E-state index contributed by atoms with van der Waals surface area (Å²) >= 11 is 12.7. The van der Waals surface area contributed by atoms with E-state index >= 15 is 0 Å². The number of carbonyl (C=O) groups excluding carboxylic acids is 2. The van der Waals surface area contributed by atoms with Crippen LogP contribution in [0.2, 0.25) is 10.0 Å². The van der Waals surface area contributed by atoms with E-state index in [0.717, 1.165) is 24.2 Å². The summed E-state index contributed by atoms with van der Waals surface area (Å²) in [5.41, 5.74) is 1.80. The van der Waals surface area contributed by atoms with Gasteiger partial charge in [0.1, 0.15) is 11.8 Å². The van der Waals surface area contributed by atoms with Gasteiger partial charge in [0, 0.05) is 35.1 Å². The van der Waals surface area contributed by atoms with Crippen LogP contribution in [-0.2, 0) is 16.1 Å². The third kappa shape index (κ3) is 8.56. The van der Waals surface area contributed by atoms with Gasteiger partial charge < -0.3 is 15.0 Å². The van der Waals surface area contributed by atoms with Crippen LogP contribution >= 0.6 is 23.2 Å². The summed E-state index contributed by atoms with van der Waals surface area (Å²) < 4.78 is 5.76. The number of ether oxygens (including phenoxy) is 1. The van der Waals surface area contributed by atoms with E-state index in [1.165, 1.54) is 0 Å². The lowest BCUT2D eigenvalue weighted by atomic mass is 10.1. The van der Waals surface area contributed by atoms with E-state index in [0.29, 0.717) is 41.6 Å². The van der Waals surface area contributed by atoms with E-state index in [4.69, 9.17) is 27.9 Å². The van der Waals surface area contributed by atoms with E-state index < -0.39 is 6.04 Å². The molecule has 0 saturated heterocycles. The highest BCUT2D eigenvalue weighted by Gasteiger charge is 2.29. The first-order chi connectivity index (χ1) is 15.9. The number of aryl methyl sites for hydroxylation is 1. The number of hydrogen-bond acceptors (Lipinski definition) is 3. The van der Waals surface area contributed by atoms with Crippen molar-refractivity contribution in [3.8, 4) is 5.75 Å². The summed E-state index contributed by atoms with van der Waals surface area (Å²) in [5, 5.41) is 3.91. The van der Waals surface area contributed by atoms with Crippen molar-refractivity contribution >= 4 is 35.0 Å². The van der Waals surface area contributed by atoms with E-state index in [1.807, 2.05) is 38.1 Å². The summed E-state index contributed by atoms with van der Waals surface area (Å²) in [6.45, 7) is 7.16. The van der Waals surface area contributed by atoms with Gasteiger partial charge in [0.25, 0.3) is 0 Å². The Bertz CT molecular complexity index is 883. The molecule has 2 rings (SSSR count). The van der Waals surface area contributed by atoms with Crippen LogP contribution in [0.4, 0.5) is 0 Å². The van der Waals surface area contributed by atoms with E-state index in [-0.39, 0.29) is 24.8 Å². The van der Waals surface area contributed by atoms with Gasteiger partial charge in [-0.3, -0.25) is 9.59 Å². The zero-order valence-corrected chi connectivity index (χ0v) is 21.2. The normalized spacial score (nSPS) is 11.7. The molecule has 0 aliphatic rings. The molecular formula is C26H34Cl2N2O3. The zero-order chi connectivity index (χ0) is 24.2. The maximum atomic E-state index is 13.3. The van der Waals surface area contributed by atoms with Crippen molar-refractivity contribution in [1.29, 1.82) is 0 Å². The Kier molecular flexibility index (Phi) is 11.6. The lowest BCUT2D eigenvalue weighted by molar-refractivity contribution is -0.141. The second-order valence-corrected chi connectivity index (χ2v) is 8.87. The van der Waals surface area contributed by atoms with Crippen LogP contribution in [-0.4, -0.2) is 35.9 Å². The van der Waals surface area contributed by atoms with Crippen molar-refractivity contribution in [3.05, 3.63) is 63.6 Å². The molecule has 2 aromatic rings. The fraction of sp³-hybridized carbons (Fsp3) is 0.462. The first kappa shape index (κ1) is 27.0. The van der Waals surface area contributed by atoms with Crippen LogP contribution in [0.15, 0.2) is 42.5 Å². The molecule has 0 saturated carbocycles. The Morgan fingerprint density at radius 3 is 2.30 bits per heavy atom. The van der Waals surface area contributed by atoms with Crippen LogP contribution in [0.1, 0.15) is 57.1 Å². The molecule has 180 valence electrons. The summed E-state index contributed by atoms with van der Waals surface area (Å²) in [4.78, 5) is 27.8. The van der Waals surface area contributed by atoms with Crippen molar-refractivity contribution in [2.24, 2.45) is 0 Å². The van der Waals surface area contributed by atoms with Gasteiger partial charge in [0.2, 0.25) is 11.8 Å². The minimum atomic E-state index is -0.597. The summed E-state index contributed by atoms with van der Waals surface area (Å²) in [5.74, 6) is 0.490. The number of nitrogens with one attached hydrogen (secondary N) is 1. The molecule has 0 heterocycles. The molecule has 1 atom stereocenters. The monoisotopic (exact) mass is 492 g/mol. The minimum Gasteiger partial charge on any atom is -0.494 e. The fourth-order valence-corrected chi connectivity index (χ4v) is 3.99. The Labute approximate surface area is 207 Å². The van der Waals surface area contributed by atoms with Crippen molar-refractivity contribution < 1.29 is 14.3 Å². The van der Waals surface area contributed by atoms with Gasteiger partial charge in [0.05, 0.1) is 6.61 Å². The van der Waals surface area contributed by atoms with Crippen LogP contribution in [0, 0.1) is 6.92 Å². The van der Waals surface area contributed by atoms with Gasteiger partial charge in [-0.2, -0.15) is 0 Å². The van der Waals surface area contributed by atoms with Crippen molar-refractivity contribution in [3.63, 3.8) is 0 Å². The van der Waals surface area contributed by atoms with E-state index in [1.54, 1.807) is 23.1 Å². The van der Waals surface area contributed by atoms with Crippen LogP contribution in [0.25, 0.3) is 0 Å². The average Bonchev–Trinajstić information content (AvgIpc) is 2.79. The number of carbonyl (C=O) groups is 2. The second kappa shape index (κ2) is 14.1. The highest BCUT2D eigenvalue weighted by Crippen LogP contribution is 2.27. The molecule has 7 heteroatoms. The molecule has 1 N–H and O–H groups in total. The molecule has 5 nitrogen and oxygen atoms in total. The van der Waals surface area contributed by atoms with Crippen LogP contribution < -0.4 is 10.1 Å². The second-order valence-electron chi connectivity index (χ2n) is 8.06. The third-order valence-electron chi connectivity index (χ3n) is 5.43. The van der Waals surface area contributed by atoms with Crippen LogP contribution in [0.3, 0.4) is 0 Å². The molecule has 0 aliphatic heterocycles. The molecule has 2 amide bonds. The predicted molar refractivity (Wildman–Crippen MR) is 135 cm³/mol. The smallest absolute Gasteiger partial charge is 0.242 e. The highest BCUT2D eigenvalue weighted by molar-refractivity contribution is 6.36. The third-order valence-corrected chi connectivity index (χ3v) is 6.14. The van der Waals surface area contributed by atoms with Crippen molar-refractivity contribution in [2.75, 3.05) is 13.2 Å². The Morgan fingerprint density at radius 2 is 1.70 bits per heavy atom. The van der Waals surface area contributed by atoms with Crippen molar-refractivity contribution in [2.45, 2.75) is 65.5 Å². The van der Waals surface area contributed by atoms with Gasteiger partial charge in [0.15, 0.2) is 0 Å². The highest BCUT2D eigenvalue weighted by atomic mass is 35.5. The molecule has 0 aliphatic carbocycles. The molecule has 0 fully saturated rings. The Hall–Kier alpha value is -2.24. The molecule has 0 radical (unpaired) electrons. The van der Waals surface area contributed by atoms with Crippen LogP contribution in [0.5, 0.6) is 5.75 Å². The number of hydrogen-bond donors (Lipinski definition) is 1. The zero-order valence-electron chi connectivity index (χ0n) is 19.7. The quantitative estimate of drug-likeness (QED) is 0.339. The number of amides is 2. The first-order valence-electron chi connectivity index (χ1n) is 11.6. The molecule has 0 spiro atoms. The minimum absolute atomic E-state index is 0.129. The standard InChI is InChI=1S/C26H34Cl2N2O3/c1-4-6-16-29-26(32)24(5-2)30(18-21-22(27)9-7-10-23(21)28)25(31)11-8-17-33-20-14-12-19(3)13-15-20/h7,9-10,12-15,24H,4-6,8,11,16-18H2,1-3H3,(H,29,32)/t24-/m0/s1. The number of halogens is 2. The lowest BCUT2D eigenvalue weighted by Crippen LogP contribution is -2.49. The van der Waals surface area contributed by atoms with Gasteiger partial charge in [-0.15, -0.1) is 0 Å². The van der Waals surface area contributed by atoms with Gasteiger partial charge in [-0.05, 0) is 50.5 Å². The maximum Gasteiger partial charge on any atom is 0.242 e. The molecular weight excluding hydrogens is 459 g/mol. The largest absolute Gasteiger partial charge is 0.494 e. The predicted octanol–water partition coefficient (Wildman–Crippen LogP) is 6.18. The molecule has 33 heavy (non-hydrogen) atoms. The molecule has 0 aromatic heterocycles. The Balaban J connectivity index is 2.09. The van der Waals surface area contributed by atoms with E-state index in [2.05, 4.69) is 12.2 Å². The van der Waals surface area contributed by atoms with E-state index in [9.17, 15) is 9.59 Å². The molecule has 0 bridgehead atoms. The molecule has 2 aromatic carbocycles. The number of unbranched alkanes of at least 4 members (excludes halogenated alkanes) is 1. The summed E-state index contributed by atoms with van der Waals surface area (Å²) in [6, 6.07) is 12.4. The van der Waals surface area contributed by atoms with Gasteiger partial charge in [-0.25, -0.2) is 0 Å². The lowest BCUT2D eigenvalue weighted by Gasteiger charge is -2.31. The van der Waals surface area contributed by atoms with Gasteiger partial charge >= 0.3 is 0 Å². The summed E-state index contributed by atoms with van der Waals surface area (Å²) in [7, 11) is 0. The number of rotatable bonds is 13. The van der Waals surface area contributed by atoms with Crippen molar-refractivity contribution in [1.82, 2.24) is 10.2 Å². The Morgan fingerprint density at radius 1 is 1.03 bits per heavy atom. The summed E-state index contributed by atoms with van der Waals surface area (Å²) in [6.07, 6.45) is 3.16.